The number of nitro groups is 1. The molecule has 0 saturated carbocycles. The lowest BCUT2D eigenvalue weighted by atomic mass is 10.1. The van der Waals surface area contributed by atoms with E-state index >= 15 is 0 Å². The number of ether oxygens (including phenoxy) is 2. The lowest BCUT2D eigenvalue weighted by molar-refractivity contribution is -0.385. The van der Waals surface area contributed by atoms with Crippen LogP contribution in [0.25, 0.3) is 0 Å². The zero-order chi connectivity index (χ0) is 13.2. The van der Waals surface area contributed by atoms with Gasteiger partial charge in [-0.1, -0.05) is 0 Å². The van der Waals surface area contributed by atoms with Crippen LogP contribution >= 0.6 is 0 Å². The minimum atomic E-state index is -0.509. The third kappa shape index (κ3) is 2.08. The van der Waals surface area contributed by atoms with Gasteiger partial charge < -0.3 is 9.47 Å². The lowest BCUT2D eigenvalue weighted by Crippen LogP contribution is -1.97. The van der Waals surface area contributed by atoms with Gasteiger partial charge >= 0.3 is 0 Å². The highest BCUT2D eigenvalue weighted by atomic mass is 16.7. The van der Waals surface area contributed by atoms with Crippen molar-refractivity contribution < 1.29 is 14.4 Å². The van der Waals surface area contributed by atoms with E-state index in [-0.39, 0.29) is 12.5 Å². The second-order valence-electron chi connectivity index (χ2n) is 3.58. The van der Waals surface area contributed by atoms with Crippen LogP contribution in [-0.2, 0) is 0 Å². The fourth-order valence-corrected chi connectivity index (χ4v) is 1.59. The van der Waals surface area contributed by atoms with Crippen molar-refractivity contribution in [1.29, 1.82) is 0 Å². The van der Waals surface area contributed by atoms with E-state index in [4.69, 9.17) is 9.47 Å². The molecule has 19 heavy (non-hydrogen) atoms. The molecule has 0 aliphatic carbocycles. The maximum absolute atomic E-state index is 11.0. The Kier molecular flexibility index (Phi) is 2.56. The molecule has 2 aromatic rings. The molecule has 1 aromatic carbocycles. The number of hydrogen-bond acceptors (Lipinski definition) is 7. The summed E-state index contributed by atoms with van der Waals surface area (Å²) >= 11 is 0. The fraction of sp³-hybridized carbons (Fsp3) is 0.100. The monoisotopic (exact) mass is 261 g/mol. The van der Waals surface area contributed by atoms with Gasteiger partial charge in [0.05, 0.1) is 22.8 Å². The molecule has 9 nitrogen and oxygen atoms in total. The standard InChI is InChI=1S/C10H7N5O4/c16-15(17)8-2-10-9(18-6-19-10)1-7(8)3-12-14-5-11-4-13-14/h1-5H,6H2/b12-3-. The fourth-order valence-electron chi connectivity index (χ4n) is 1.59. The van der Waals surface area contributed by atoms with E-state index in [1.807, 2.05) is 0 Å². The van der Waals surface area contributed by atoms with Crippen LogP contribution in [0.5, 0.6) is 11.5 Å². The molecule has 96 valence electrons. The van der Waals surface area contributed by atoms with Gasteiger partial charge in [0.25, 0.3) is 5.69 Å². The maximum atomic E-state index is 11.0. The Bertz CT molecular complexity index is 652. The molecule has 0 fully saturated rings. The highest BCUT2D eigenvalue weighted by molar-refractivity contribution is 5.87. The molecule has 3 rings (SSSR count). The molecule has 9 heteroatoms. The van der Waals surface area contributed by atoms with Gasteiger partial charge in [0.15, 0.2) is 11.5 Å². The van der Waals surface area contributed by atoms with Crippen LogP contribution in [0.3, 0.4) is 0 Å². The Hall–Kier alpha value is -2.97. The highest BCUT2D eigenvalue weighted by Crippen LogP contribution is 2.37. The predicted molar refractivity (Wildman–Crippen MR) is 62.2 cm³/mol. The molecule has 0 unspecified atom stereocenters. The smallest absolute Gasteiger partial charge is 0.282 e. The zero-order valence-electron chi connectivity index (χ0n) is 9.46. The third-order valence-electron chi connectivity index (χ3n) is 2.44. The average molecular weight is 261 g/mol. The lowest BCUT2D eigenvalue weighted by Gasteiger charge is -2.00. The second kappa shape index (κ2) is 4.37. The van der Waals surface area contributed by atoms with E-state index in [1.54, 1.807) is 0 Å². The van der Waals surface area contributed by atoms with E-state index in [9.17, 15) is 10.1 Å². The summed E-state index contributed by atoms with van der Waals surface area (Å²) < 4.78 is 10.3. The van der Waals surface area contributed by atoms with Crippen LogP contribution in [0.1, 0.15) is 5.56 Å². The number of fused-ring (bicyclic) bond motifs is 1. The Morgan fingerprint density at radius 2 is 2.21 bits per heavy atom. The van der Waals surface area contributed by atoms with E-state index < -0.39 is 4.92 Å². The van der Waals surface area contributed by atoms with Gasteiger partial charge in [-0.2, -0.15) is 5.10 Å². The molecule has 0 N–H and O–H groups in total. The Labute approximate surface area is 106 Å². The minimum absolute atomic E-state index is 0.0517. The summed E-state index contributed by atoms with van der Waals surface area (Å²) in [5.74, 6) is 0.801. The maximum Gasteiger partial charge on any atom is 0.282 e. The second-order valence-corrected chi connectivity index (χ2v) is 3.58. The Balaban J connectivity index is 2.02. The van der Waals surface area contributed by atoms with E-state index in [0.717, 1.165) is 0 Å². The number of aromatic nitrogens is 3. The quantitative estimate of drug-likeness (QED) is 0.459. The molecule has 0 atom stereocenters. The summed E-state index contributed by atoms with van der Waals surface area (Å²) in [6, 6.07) is 2.81. The summed E-state index contributed by atoms with van der Waals surface area (Å²) in [6.45, 7) is 0.0517. The first-order chi connectivity index (χ1) is 9.24. The first-order valence-corrected chi connectivity index (χ1v) is 5.21. The molecule has 0 saturated heterocycles. The van der Waals surface area contributed by atoms with Crippen molar-refractivity contribution in [1.82, 2.24) is 14.9 Å². The molecular weight excluding hydrogens is 254 g/mol. The number of benzene rings is 1. The van der Waals surface area contributed by atoms with Gasteiger partial charge in [0.2, 0.25) is 6.79 Å². The zero-order valence-corrected chi connectivity index (χ0v) is 9.46. The van der Waals surface area contributed by atoms with Crippen molar-refractivity contribution >= 4 is 11.9 Å². The number of rotatable bonds is 3. The molecule has 2 heterocycles. The normalized spacial score (nSPS) is 13.1. The van der Waals surface area contributed by atoms with Gasteiger partial charge in [-0.25, -0.2) is 4.98 Å². The van der Waals surface area contributed by atoms with Crippen LogP contribution in [0.15, 0.2) is 29.9 Å². The molecule has 1 aromatic heterocycles. The number of hydrogen-bond donors (Lipinski definition) is 0. The van der Waals surface area contributed by atoms with Crippen molar-refractivity contribution in [2.75, 3.05) is 6.79 Å². The van der Waals surface area contributed by atoms with Crippen molar-refractivity contribution in [3.63, 3.8) is 0 Å². The van der Waals surface area contributed by atoms with Crippen LogP contribution in [0, 0.1) is 10.1 Å². The largest absolute Gasteiger partial charge is 0.454 e. The third-order valence-corrected chi connectivity index (χ3v) is 2.44. The van der Waals surface area contributed by atoms with Crippen molar-refractivity contribution in [2.24, 2.45) is 5.10 Å². The van der Waals surface area contributed by atoms with Crippen molar-refractivity contribution in [3.8, 4) is 11.5 Å². The molecule has 1 aliphatic heterocycles. The molecule has 0 radical (unpaired) electrons. The first-order valence-electron chi connectivity index (χ1n) is 5.21. The molecule has 0 bridgehead atoms. The summed E-state index contributed by atoms with van der Waals surface area (Å²) in [5, 5.41) is 18.7. The molecule has 1 aliphatic rings. The van der Waals surface area contributed by atoms with Crippen molar-refractivity contribution in [3.05, 3.63) is 40.5 Å². The summed E-state index contributed by atoms with van der Waals surface area (Å²) in [7, 11) is 0. The van der Waals surface area contributed by atoms with Crippen LogP contribution < -0.4 is 9.47 Å². The molecule has 0 spiro atoms. The van der Waals surface area contributed by atoms with Gasteiger partial charge in [-0.05, 0) is 6.07 Å². The molecule has 0 amide bonds. The van der Waals surface area contributed by atoms with Crippen LogP contribution in [-0.4, -0.2) is 32.8 Å². The Morgan fingerprint density at radius 1 is 1.42 bits per heavy atom. The van der Waals surface area contributed by atoms with Gasteiger partial charge in [-0.15, -0.1) is 9.89 Å². The van der Waals surface area contributed by atoms with E-state index in [0.29, 0.717) is 17.1 Å². The van der Waals surface area contributed by atoms with E-state index in [1.165, 1.54) is 35.8 Å². The minimum Gasteiger partial charge on any atom is -0.454 e. The summed E-state index contributed by atoms with van der Waals surface area (Å²) in [6.07, 6.45) is 4.00. The Morgan fingerprint density at radius 3 is 2.89 bits per heavy atom. The number of nitro benzene ring substituents is 1. The molecular formula is C10H7N5O4. The SMILES string of the molecule is O=[N+]([O-])c1cc2c(cc1/C=N\n1cncn1)OCO2. The number of nitrogens with zero attached hydrogens (tertiary/aromatic N) is 5. The first kappa shape index (κ1) is 11.1. The topological polar surface area (TPSA) is 105 Å². The van der Waals surface area contributed by atoms with E-state index in [2.05, 4.69) is 15.2 Å². The van der Waals surface area contributed by atoms with Gasteiger partial charge in [0.1, 0.15) is 12.7 Å². The average Bonchev–Trinajstić information content (AvgIpc) is 3.05. The van der Waals surface area contributed by atoms with Gasteiger partial charge in [-0.3, -0.25) is 10.1 Å². The predicted octanol–water partition coefficient (Wildman–Crippen LogP) is 0.797. The summed E-state index contributed by atoms with van der Waals surface area (Å²) in [4.78, 5) is 15.4. The van der Waals surface area contributed by atoms with Gasteiger partial charge in [0, 0.05) is 0 Å². The highest BCUT2D eigenvalue weighted by Gasteiger charge is 2.22. The van der Waals surface area contributed by atoms with Crippen LogP contribution in [0.2, 0.25) is 0 Å². The van der Waals surface area contributed by atoms with Crippen LogP contribution in [0.4, 0.5) is 5.69 Å². The summed E-state index contributed by atoms with van der Waals surface area (Å²) in [5.41, 5.74) is 0.179. The van der Waals surface area contributed by atoms with Crippen molar-refractivity contribution in [2.45, 2.75) is 0 Å².